The summed E-state index contributed by atoms with van der Waals surface area (Å²) in [7, 11) is 0. The highest BCUT2D eigenvalue weighted by Crippen LogP contribution is 2.42. The molecule has 3 heteroatoms. The molecular weight excluding hydrogens is 286 g/mol. The summed E-state index contributed by atoms with van der Waals surface area (Å²) in [6.45, 7) is 1.99. The number of rotatable bonds is 4. The Labute approximate surface area is 137 Å². The van der Waals surface area contributed by atoms with Gasteiger partial charge in [-0.2, -0.15) is 0 Å². The van der Waals surface area contributed by atoms with E-state index in [9.17, 15) is 10.2 Å². The fourth-order valence-corrected chi connectivity index (χ4v) is 3.75. The summed E-state index contributed by atoms with van der Waals surface area (Å²) < 4.78 is 0. The molecule has 1 aliphatic rings. The SMILES string of the molecule is CC[C@@](O)(c1ccc(-c2ccccc2)cc1)C1C[C@H](N)[C@@H](O)C1. The second-order valence-corrected chi connectivity index (χ2v) is 6.62. The van der Waals surface area contributed by atoms with Crippen LogP contribution >= 0.6 is 0 Å². The number of hydrogen-bond donors (Lipinski definition) is 3. The Balaban J connectivity index is 1.87. The fraction of sp³-hybridized carbons (Fsp3) is 0.400. The van der Waals surface area contributed by atoms with Crippen molar-refractivity contribution in [3.05, 3.63) is 60.2 Å². The van der Waals surface area contributed by atoms with Crippen LogP contribution < -0.4 is 5.73 Å². The van der Waals surface area contributed by atoms with Gasteiger partial charge in [-0.3, -0.25) is 0 Å². The molecule has 23 heavy (non-hydrogen) atoms. The van der Waals surface area contributed by atoms with Gasteiger partial charge in [0, 0.05) is 6.04 Å². The van der Waals surface area contributed by atoms with Gasteiger partial charge in [0.05, 0.1) is 11.7 Å². The molecule has 1 aliphatic carbocycles. The van der Waals surface area contributed by atoms with E-state index in [2.05, 4.69) is 24.3 Å². The summed E-state index contributed by atoms with van der Waals surface area (Å²) in [6, 6.07) is 18.1. The molecule has 0 bridgehead atoms. The molecule has 0 saturated heterocycles. The molecule has 4 atom stereocenters. The van der Waals surface area contributed by atoms with Gasteiger partial charge in [-0.25, -0.2) is 0 Å². The van der Waals surface area contributed by atoms with Crippen LogP contribution in [0.4, 0.5) is 0 Å². The van der Waals surface area contributed by atoms with Crippen molar-refractivity contribution >= 4 is 0 Å². The average molecular weight is 311 g/mol. The van der Waals surface area contributed by atoms with Crippen LogP contribution in [0.25, 0.3) is 11.1 Å². The van der Waals surface area contributed by atoms with E-state index in [0.717, 1.165) is 16.7 Å². The van der Waals surface area contributed by atoms with E-state index in [-0.39, 0.29) is 12.0 Å². The summed E-state index contributed by atoms with van der Waals surface area (Å²) in [5.74, 6) is 0.0000697. The molecule has 0 heterocycles. The second kappa shape index (κ2) is 6.44. The normalized spacial score (nSPS) is 26.9. The van der Waals surface area contributed by atoms with Crippen molar-refractivity contribution < 1.29 is 10.2 Å². The minimum atomic E-state index is -0.926. The zero-order valence-corrected chi connectivity index (χ0v) is 13.5. The van der Waals surface area contributed by atoms with E-state index in [4.69, 9.17) is 5.73 Å². The Hall–Kier alpha value is -1.68. The highest BCUT2D eigenvalue weighted by Gasteiger charge is 2.44. The maximum Gasteiger partial charge on any atom is 0.0923 e. The molecule has 0 amide bonds. The van der Waals surface area contributed by atoms with Gasteiger partial charge in [-0.15, -0.1) is 0 Å². The van der Waals surface area contributed by atoms with Crippen molar-refractivity contribution in [2.45, 2.75) is 43.9 Å². The van der Waals surface area contributed by atoms with E-state index in [1.807, 2.05) is 37.3 Å². The van der Waals surface area contributed by atoms with Gasteiger partial charge < -0.3 is 15.9 Å². The number of aliphatic hydroxyl groups excluding tert-OH is 1. The molecule has 122 valence electrons. The van der Waals surface area contributed by atoms with Gasteiger partial charge in [0.1, 0.15) is 0 Å². The Morgan fingerprint density at radius 1 is 1.00 bits per heavy atom. The van der Waals surface area contributed by atoms with Crippen molar-refractivity contribution in [2.75, 3.05) is 0 Å². The Bertz CT molecular complexity index is 630. The summed E-state index contributed by atoms with van der Waals surface area (Å²) >= 11 is 0. The monoisotopic (exact) mass is 311 g/mol. The van der Waals surface area contributed by atoms with Crippen LogP contribution in [0.3, 0.4) is 0 Å². The van der Waals surface area contributed by atoms with Crippen LogP contribution in [0.5, 0.6) is 0 Å². The average Bonchev–Trinajstić information content (AvgIpc) is 2.94. The van der Waals surface area contributed by atoms with Gasteiger partial charge in [0.15, 0.2) is 0 Å². The van der Waals surface area contributed by atoms with E-state index in [1.54, 1.807) is 0 Å². The lowest BCUT2D eigenvalue weighted by molar-refractivity contribution is -0.0300. The first-order valence-electron chi connectivity index (χ1n) is 8.36. The maximum absolute atomic E-state index is 11.2. The van der Waals surface area contributed by atoms with Crippen molar-refractivity contribution in [1.29, 1.82) is 0 Å². The van der Waals surface area contributed by atoms with E-state index in [0.29, 0.717) is 19.3 Å². The van der Waals surface area contributed by atoms with Crippen LogP contribution in [0.2, 0.25) is 0 Å². The lowest BCUT2D eigenvalue weighted by Crippen LogP contribution is -2.34. The number of aliphatic hydroxyl groups is 2. The Morgan fingerprint density at radius 2 is 1.61 bits per heavy atom. The molecule has 3 nitrogen and oxygen atoms in total. The van der Waals surface area contributed by atoms with Gasteiger partial charge in [-0.05, 0) is 41.9 Å². The molecule has 1 unspecified atom stereocenters. The number of nitrogens with two attached hydrogens (primary N) is 1. The first kappa shape index (κ1) is 16.2. The summed E-state index contributed by atoms with van der Waals surface area (Å²) in [6.07, 6.45) is 1.32. The molecule has 0 radical (unpaired) electrons. The molecule has 0 spiro atoms. The largest absolute Gasteiger partial charge is 0.392 e. The topological polar surface area (TPSA) is 66.5 Å². The summed E-state index contributed by atoms with van der Waals surface area (Å²) in [5.41, 5.74) is 8.22. The van der Waals surface area contributed by atoms with Gasteiger partial charge in [-0.1, -0.05) is 61.5 Å². The van der Waals surface area contributed by atoms with Gasteiger partial charge in [0.25, 0.3) is 0 Å². The second-order valence-electron chi connectivity index (χ2n) is 6.62. The fourth-order valence-electron chi connectivity index (χ4n) is 3.75. The smallest absolute Gasteiger partial charge is 0.0923 e. The van der Waals surface area contributed by atoms with Crippen LogP contribution in [-0.4, -0.2) is 22.4 Å². The predicted octanol–water partition coefficient (Wildman–Crippen LogP) is 3.05. The Morgan fingerprint density at radius 3 is 2.13 bits per heavy atom. The van der Waals surface area contributed by atoms with Crippen molar-refractivity contribution in [2.24, 2.45) is 11.7 Å². The Kier molecular flexibility index (Phi) is 4.53. The molecule has 0 aliphatic heterocycles. The van der Waals surface area contributed by atoms with E-state index >= 15 is 0 Å². The zero-order valence-electron chi connectivity index (χ0n) is 13.5. The van der Waals surface area contributed by atoms with Gasteiger partial charge in [0.2, 0.25) is 0 Å². The van der Waals surface area contributed by atoms with E-state index in [1.165, 1.54) is 0 Å². The molecule has 0 aromatic heterocycles. The number of hydrogen-bond acceptors (Lipinski definition) is 3. The van der Waals surface area contributed by atoms with Crippen molar-refractivity contribution in [1.82, 2.24) is 0 Å². The van der Waals surface area contributed by atoms with Crippen LogP contribution in [0, 0.1) is 5.92 Å². The molecule has 4 N–H and O–H groups in total. The predicted molar refractivity (Wildman–Crippen MR) is 92.8 cm³/mol. The lowest BCUT2D eigenvalue weighted by atomic mass is 9.78. The molecule has 1 fully saturated rings. The molecule has 2 aromatic rings. The zero-order chi connectivity index (χ0) is 16.4. The first-order valence-corrected chi connectivity index (χ1v) is 8.36. The highest BCUT2D eigenvalue weighted by atomic mass is 16.3. The molecule has 1 saturated carbocycles. The highest BCUT2D eigenvalue weighted by molar-refractivity contribution is 5.63. The third-order valence-electron chi connectivity index (χ3n) is 5.28. The minimum absolute atomic E-state index is 0.0000697. The van der Waals surface area contributed by atoms with Crippen molar-refractivity contribution in [3.63, 3.8) is 0 Å². The lowest BCUT2D eigenvalue weighted by Gasteiger charge is -2.34. The molecule has 3 rings (SSSR count). The summed E-state index contributed by atoms with van der Waals surface area (Å²) in [4.78, 5) is 0. The minimum Gasteiger partial charge on any atom is -0.392 e. The van der Waals surface area contributed by atoms with Crippen LogP contribution in [0.15, 0.2) is 54.6 Å². The standard InChI is InChI=1S/C20H25NO2/c1-2-20(23,17-12-18(21)19(22)13-17)16-10-8-15(9-11-16)14-6-4-3-5-7-14/h3-11,17-19,22-23H,2,12-13,21H2,1H3/t17?,18-,19-,20+/m0/s1. The van der Waals surface area contributed by atoms with Crippen molar-refractivity contribution in [3.8, 4) is 11.1 Å². The van der Waals surface area contributed by atoms with E-state index < -0.39 is 11.7 Å². The molecular formula is C20H25NO2. The third kappa shape index (κ3) is 3.05. The third-order valence-corrected chi connectivity index (χ3v) is 5.28. The van der Waals surface area contributed by atoms with Crippen LogP contribution in [0.1, 0.15) is 31.7 Å². The maximum atomic E-state index is 11.2. The molecule has 2 aromatic carbocycles. The summed E-state index contributed by atoms with van der Waals surface area (Å²) in [5, 5.41) is 21.2. The quantitative estimate of drug-likeness (QED) is 0.813. The first-order chi connectivity index (χ1) is 11.0. The van der Waals surface area contributed by atoms with Gasteiger partial charge >= 0.3 is 0 Å². The van der Waals surface area contributed by atoms with Crippen LogP contribution in [-0.2, 0) is 5.60 Å². The number of benzene rings is 2.